The first kappa shape index (κ1) is 15.3. The standard InChI is InChI=1S/C14H16N2O2.ClH/c1-2-6-12-13(11-7-4-3-5-8-11)18-16-14(12)17-10-9-15;/h2-5,7-8H,1,6,9-10,15H2;1H. The second kappa shape index (κ2) is 7.61. The largest absolute Gasteiger partial charge is 0.474 e. The molecule has 0 atom stereocenters. The van der Waals surface area contributed by atoms with Crippen molar-refractivity contribution in [1.29, 1.82) is 0 Å². The van der Waals surface area contributed by atoms with Crippen LogP contribution in [0.15, 0.2) is 47.5 Å². The number of nitrogens with zero attached hydrogens (tertiary/aromatic N) is 1. The fourth-order valence-corrected chi connectivity index (χ4v) is 1.70. The van der Waals surface area contributed by atoms with Crippen LogP contribution in [0.1, 0.15) is 5.56 Å². The van der Waals surface area contributed by atoms with E-state index in [-0.39, 0.29) is 12.4 Å². The fourth-order valence-electron chi connectivity index (χ4n) is 1.70. The minimum absolute atomic E-state index is 0. The van der Waals surface area contributed by atoms with Gasteiger partial charge in [-0.05, 0) is 11.6 Å². The number of nitrogens with two attached hydrogens (primary N) is 1. The number of halogens is 1. The van der Waals surface area contributed by atoms with Crippen LogP contribution in [0.5, 0.6) is 5.88 Å². The van der Waals surface area contributed by atoms with Gasteiger partial charge in [-0.1, -0.05) is 36.4 Å². The third kappa shape index (κ3) is 3.59. The molecule has 1 aromatic carbocycles. The number of hydrogen-bond donors (Lipinski definition) is 1. The summed E-state index contributed by atoms with van der Waals surface area (Å²) in [5, 5.41) is 3.95. The van der Waals surface area contributed by atoms with Crippen LogP contribution in [0.3, 0.4) is 0 Å². The zero-order valence-electron chi connectivity index (χ0n) is 10.5. The minimum atomic E-state index is 0. The first-order valence-electron chi connectivity index (χ1n) is 5.84. The van der Waals surface area contributed by atoms with Crippen LogP contribution >= 0.6 is 12.4 Å². The molecule has 2 N–H and O–H groups in total. The number of rotatable bonds is 6. The molecule has 2 aromatic rings. The van der Waals surface area contributed by atoms with Gasteiger partial charge in [-0.2, -0.15) is 0 Å². The average molecular weight is 281 g/mol. The van der Waals surface area contributed by atoms with Crippen LogP contribution in [0.2, 0.25) is 0 Å². The maximum absolute atomic E-state index is 5.46. The maximum Gasteiger partial charge on any atom is 0.258 e. The highest BCUT2D eigenvalue weighted by atomic mass is 35.5. The summed E-state index contributed by atoms with van der Waals surface area (Å²) in [6.07, 6.45) is 2.45. The molecule has 0 radical (unpaired) electrons. The van der Waals surface area contributed by atoms with Crippen molar-refractivity contribution >= 4 is 12.4 Å². The van der Waals surface area contributed by atoms with Crippen LogP contribution in [0.25, 0.3) is 11.3 Å². The smallest absolute Gasteiger partial charge is 0.258 e. The molecule has 102 valence electrons. The molecule has 0 spiro atoms. The lowest BCUT2D eigenvalue weighted by Gasteiger charge is -2.02. The van der Waals surface area contributed by atoms with Gasteiger partial charge in [-0.25, -0.2) is 0 Å². The third-order valence-corrected chi connectivity index (χ3v) is 2.49. The van der Waals surface area contributed by atoms with Gasteiger partial charge in [-0.15, -0.1) is 19.0 Å². The van der Waals surface area contributed by atoms with Crippen LogP contribution in [-0.4, -0.2) is 18.3 Å². The number of hydrogen-bond acceptors (Lipinski definition) is 4. The zero-order valence-corrected chi connectivity index (χ0v) is 11.4. The van der Waals surface area contributed by atoms with E-state index in [0.717, 1.165) is 16.9 Å². The molecule has 1 aromatic heterocycles. The third-order valence-electron chi connectivity index (χ3n) is 2.49. The van der Waals surface area contributed by atoms with E-state index in [4.69, 9.17) is 15.0 Å². The molecule has 0 aliphatic carbocycles. The summed E-state index contributed by atoms with van der Waals surface area (Å²) in [6.45, 7) is 4.61. The lowest BCUT2D eigenvalue weighted by atomic mass is 10.1. The minimum Gasteiger partial charge on any atom is -0.474 e. The van der Waals surface area contributed by atoms with Crippen molar-refractivity contribution < 1.29 is 9.26 Å². The Morgan fingerprint density at radius 3 is 2.68 bits per heavy atom. The average Bonchev–Trinajstić information content (AvgIpc) is 2.81. The highest BCUT2D eigenvalue weighted by Crippen LogP contribution is 2.31. The van der Waals surface area contributed by atoms with Crippen molar-refractivity contribution in [3.8, 4) is 17.2 Å². The van der Waals surface area contributed by atoms with Crippen molar-refractivity contribution in [1.82, 2.24) is 5.16 Å². The molecule has 1 heterocycles. The van der Waals surface area contributed by atoms with Gasteiger partial charge < -0.3 is 15.0 Å². The highest BCUT2D eigenvalue weighted by molar-refractivity contribution is 5.85. The molecular formula is C14H17ClN2O2. The molecule has 4 nitrogen and oxygen atoms in total. The van der Waals surface area contributed by atoms with E-state index in [1.165, 1.54) is 0 Å². The SMILES string of the molecule is C=CCc1c(OCCN)noc1-c1ccccc1.Cl. The Hall–Kier alpha value is -1.78. The lowest BCUT2D eigenvalue weighted by molar-refractivity contribution is 0.287. The van der Waals surface area contributed by atoms with E-state index in [0.29, 0.717) is 25.5 Å². The van der Waals surface area contributed by atoms with Gasteiger partial charge >= 0.3 is 0 Å². The lowest BCUT2D eigenvalue weighted by Crippen LogP contribution is -2.11. The Kier molecular flexibility index (Phi) is 6.12. The zero-order chi connectivity index (χ0) is 12.8. The molecule has 2 rings (SSSR count). The fraction of sp³-hybridized carbons (Fsp3) is 0.214. The Balaban J connectivity index is 0.00000180. The van der Waals surface area contributed by atoms with Crippen molar-refractivity contribution in [3.05, 3.63) is 48.6 Å². The van der Waals surface area contributed by atoms with Crippen molar-refractivity contribution in [2.24, 2.45) is 5.73 Å². The van der Waals surface area contributed by atoms with Crippen LogP contribution < -0.4 is 10.5 Å². The Morgan fingerprint density at radius 1 is 1.32 bits per heavy atom. The number of ether oxygens (including phenoxy) is 1. The van der Waals surface area contributed by atoms with E-state index in [2.05, 4.69) is 11.7 Å². The molecule has 0 aliphatic heterocycles. The first-order chi connectivity index (χ1) is 8.86. The summed E-state index contributed by atoms with van der Waals surface area (Å²) in [6, 6.07) is 9.81. The molecule has 0 bridgehead atoms. The monoisotopic (exact) mass is 280 g/mol. The molecule has 0 saturated carbocycles. The van der Waals surface area contributed by atoms with E-state index >= 15 is 0 Å². The van der Waals surface area contributed by atoms with Crippen molar-refractivity contribution in [2.75, 3.05) is 13.2 Å². The first-order valence-corrected chi connectivity index (χ1v) is 5.84. The van der Waals surface area contributed by atoms with E-state index < -0.39 is 0 Å². The number of benzene rings is 1. The summed E-state index contributed by atoms with van der Waals surface area (Å²) in [5.41, 5.74) is 7.30. The predicted octanol–water partition coefficient (Wildman–Crippen LogP) is 2.83. The second-order valence-electron chi connectivity index (χ2n) is 3.79. The van der Waals surface area contributed by atoms with Gasteiger partial charge in [0.2, 0.25) is 0 Å². The van der Waals surface area contributed by atoms with Gasteiger partial charge in [-0.3, -0.25) is 0 Å². The molecule has 0 amide bonds. The molecule has 0 aliphatic rings. The number of allylic oxidation sites excluding steroid dienone is 1. The Morgan fingerprint density at radius 2 is 2.05 bits per heavy atom. The topological polar surface area (TPSA) is 61.3 Å². The van der Waals surface area contributed by atoms with Gasteiger partial charge in [0.25, 0.3) is 5.88 Å². The van der Waals surface area contributed by atoms with Crippen molar-refractivity contribution in [3.63, 3.8) is 0 Å². The number of aromatic nitrogens is 1. The Labute approximate surface area is 118 Å². The highest BCUT2D eigenvalue weighted by Gasteiger charge is 2.17. The van der Waals surface area contributed by atoms with Crippen molar-refractivity contribution in [2.45, 2.75) is 6.42 Å². The van der Waals surface area contributed by atoms with E-state index in [1.807, 2.05) is 30.3 Å². The maximum atomic E-state index is 5.46. The summed E-state index contributed by atoms with van der Waals surface area (Å²) in [4.78, 5) is 0. The van der Waals surface area contributed by atoms with E-state index in [9.17, 15) is 0 Å². The quantitative estimate of drug-likeness (QED) is 0.827. The molecule has 0 fully saturated rings. The molecule has 19 heavy (non-hydrogen) atoms. The molecular weight excluding hydrogens is 264 g/mol. The summed E-state index contributed by atoms with van der Waals surface area (Å²) in [5.74, 6) is 1.22. The summed E-state index contributed by atoms with van der Waals surface area (Å²) < 4.78 is 10.8. The van der Waals surface area contributed by atoms with Crippen LogP contribution in [0, 0.1) is 0 Å². The van der Waals surface area contributed by atoms with Gasteiger partial charge in [0, 0.05) is 12.1 Å². The van der Waals surface area contributed by atoms with Crippen LogP contribution in [0.4, 0.5) is 0 Å². The van der Waals surface area contributed by atoms with Gasteiger partial charge in [0.05, 0.1) is 5.56 Å². The molecule has 5 heteroatoms. The molecule has 0 unspecified atom stereocenters. The van der Waals surface area contributed by atoms with Crippen LogP contribution in [-0.2, 0) is 6.42 Å². The molecule has 0 saturated heterocycles. The van der Waals surface area contributed by atoms with Gasteiger partial charge in [0.1, 0.15) is 6.61 Å². The normalized spacial score (nSPS) is 9.74. The van der Waals surface area contributed by atoms with E-state index in [1.54, 1.807) is 6.08 Å². The summed E-state index contributed by atoms with van der Waals surface area (Å²) >= 11 is 0. The second-order valence-corrected chi connectivity index (χ2v) is 3.79. The predicted molar refractivity (Wildman–Crippen MR) is 77.6 cm³/mol. The van der Waals surface area contributed by atoms with Gasteiger partial charge in [0.15, 0.2) is 5.76 Å². The summed E-state index contributed by atoms with van der Waals surface area (Å²) in [7, 11) is 0. The Bertz CT molecular complexity index is 511.